The number of hydrogen-bond acceptors (Lipinski definition) is 6. The van der Waals surface area contributed by atoms with Crippen molar-refractivity contribution in [1.29, 1.82) is 0 Å². The predicted octanol–water partition coefficient (Wildman–Crippen LogP) is 4.08. The lowest BCUT2D eigenvalue weighted by atomic mass is 10.2. The molecule has 0 amide bonds. The van der Waals surface area contributed by atoms with Crippen molar-refractivity contribution in [3.8, 4) is 5.82 Å². The summed E-state index contributed by atoms with van der Waals surface area (Å²) in [5, 5.41) is 14.3. The third-order valence-corrected chi connectivity index (χ3v) is 4.19. The molecule has 0 spiro atoms. The standard InChI is InChI=1S/C19H16N6O2/c1-12-7-8-15(17(9-12)25(26)27)22-18-10-20-11-19(23-18)24-13(2)21-14-5-3-4-6-16(14)24/h3-11H,1-2H3,(H,22,23). The fraction of sp³-hybridized carbons (Fsp3) is 0.105. The minimum absolute atomic E-state index is 0.00790. The fourth-order valence-electron chi connectivity index (χ4n) is 3.00. The number of nitro groups is 1. The Kier molecular flexibility index (Phi) is 4.00. The number of fused-ring (bicyclic) bond motifs is 1. The average molecular weight is 360 g/mol. The molecule has 2 aromatic carbocycles. The van der Waals surface area contributed by atoms with Crippen LogP contribution in [0, 0.1) is 24.0 Å². The molecule has 0 unspecified atom stereocenters. The Morgan fingerprint density at radius 2 is 1.89 bits per heavy atom. The van der Waals surface area contributed by atoms with Gasteiger partial charge >= 0.3 is 0 Å². The molecule has 2 aromatic heterocycles. The van der Waals surface area contributed by atoms with Crippen LogP contribution in [-0.2, 0) is 0 Å². The number of rotatable bonds is 4. The van der Waals surface area contributed by atoms with Crippen LogP contribution < -0.4 is 5.32 Å². The summed E-state index contributed by atoms with van der Waals surface area (Å²) in [6.45, 7) is 3.71. The van der Waals surface area contributed by atoms with Crippen LogP contribution in [0.25, 0.3) is 16.9 Å². The van der Waals surface area contributed by atoms with Gasteiger partial charge in [0.2, 0.25) is 0 Å². The third kappa shape index (κ3) is 3.08. The van der Waals surface area contributed by atoms with Gasteiger partial charge in [0.15, 0.2) is 11.6 Å². The zero-order chi connectivity index (χ0) is 19.0. The Balaban J connectivity index is 1.76. The number of hydrogen-bond donors (Lipinski definition) is 1. The topological polar surface area (TPSA) is 98.8 Å². The molecule has 0 aliphatic heterocycles. The van der Waals surface area contributed by atoms with E-state index in [9.17, 15) is 10.1 Å². The van der Waals surface area contributed by atoms with Gasteiger partial charge < -0.3 is 5.32 Å². The van der Waals surface area contributed by atoms with Gasteiger partial charge in [-0.05, 0) is 37.6 Å². The maximum atomic E-state index is 11.3. The van der Waals surface area contributed by atoms with E-state index < -0.39 is 4.92 Å². The molecular formula is C19H16N6O2. The minimum Gasteiger partial charge on any atom is -0.333 e. The lowest BCUT2D eigenvalue weighted by molar-refractivity contribution is -0.384. The van der Waals surface area contributed by atoms with Crippen molar-refractivity contribution in [3.05, 3.63) is 76.4 Å². The fourth-order valence-corrected chi connectivity index (χ4v) is 3.00. The summed E-state index contributed by atoms with van der Waals surface area (Å²) < 4.78 is 1.90. The molecule has 0 atom stereocenters. The van der Waals surface area contributed by atoms with Gasteiger partial charge in [-0.2, -0.15) is 0 Å². The summed E-state index contributed by atoms with van der Waals surface area (Å²) in [6.07, 6.45) is 3.16. The number of nitrogens with one attached hydrogen (secondary N) is 1. The summed E-state index contributed by atoms with van der Waals surface area (Å²) in [7, 11) is 0. The Hall–Kier alpha value is -3.81. The van der Waals surface area contributed by atoms with E-state index in [1.54, 1.807) is 18.3 Å². The van der Waals surface area contributed by atoms with E-state index in [1.807, 2.05) is 42.7 Å². The molecular weight excluding hydrogens is 344 g/mol. The number of nitro benzene ring substituents is 1. The minimum atomic E-state index is -0.417. The zero-order valence-corrected chi connectivity index (χ0v) is 14.7. The average Bonchev–Trinajstić information content (AvgIpc) is 2.99. The Morgan fingerprint density at radius 1 is 1.07 bits per heavy atom. The summed E-state index contributed by atoms with van der Waals surface area (Å²) in [5.74, 6) is 1.78. The van der Waals surface area contributed by atoms with Crippen LogP contribution in [0.5, 0.6) is 0 Å². The first-order chi connectivity index (χ1) is 13.0. The van der Waals surface area contributed by atoms with Crippen LogP contribution in [-0.4, -0.2) is 24.4 Å². The number of anilines is 2. The molecule has 0 aliphatic carbocycles. The smallest absolute Gasteiger partial charge is 0.292 e. The number of imidazole rings is 1. The highest BCUT2D eigenvalue weighted by molar-refractivity contribution is 5.78. The SMILES string of the molecule is Cc1ccc(Nc2cncc(-n3c(C)nc4ccccc43)n2)c([N+](=O)[O-])c1. The van der Waals surface area contributed by atoms with E-state index in [1.165, 1.54) is 12.3 Å². The van der Waals surface area contributed by atoms with Crippen LogP contribution in [0.4, 0.5) is 17.2 Å². The lowest BCUT2D eigenvalue weighted by Gasteiger charge is -2.10. The van der Waals surface area contributed by atoms with E-state index in [4.69, 9.17) is 0 Å². The molecule has 0 saturated carbocycles. The molecule has 0 fully saturated rings. The van der Waals surface area contributed by atoms with Crippen molar-refractivity contribution < 1.29 is 4.92 Å². The monoisotopic (exact) mass is 360 g/mol. The third-order valence-electron chi connectivity index (χ3n) is 4.19. The van der Waals surface area contributed by atoms with Crippen molar-refractivity contribution in [2.45, 2.75) is 13.8 Å². The van der Waals surface area contributed by atoms with Crippen molar-refractivity contribution in [3.63, 3.8) is 0 Å². The second-order valence-corrected chi connectivity index (χ2v) is 6.15. The molecule has 0 saturated heterocycles. The molecule has 27 heavy (non-hydrogen) atoms. The van der Waals surface area contributed by atoms with E-state index >= 15 is 0 Å². The number of aromatic nitrogens is 4. The molecule has 0 bridgehead atoms. The van der Waals surface area contributed by atoms with E-state index in [0.29, 0.717) is 17.3 Å². The van der Waals surface area contributed by atoms with Crippen molar-refractivity contribution in [2.75, 3.05) is 5.32 Å². The van der Waals surface area contributed by atoms with E-state index in [2.05, 4.69) is 20.3 Å². The first kappa shape index (κ1) is 16.6. The van der Waals surface area contributed by atoms with Crippen LogP contribution in [0.2, 0.25) is 0 Å². The molecule has 8 heteroatoms. The van der Waals surface area contributed by atoms with Crippen molar-refractivity contribution >= 4 is 28.2 Å². The van der Waals surface area contributed by atoms with Crippen LogP contribution in [0.1, 0.15) is 11.4 Å². The molecule has 1 N–H and O–H groups in total. The highest BCUT2D eigenvalue weighted by Gasteiger charge is 2.15. The maximum absolute atomic E-state index is 11.3. The number of para-hydroxylation sites is 2. The first-order valence-corrected chi connectivity index (χ1v) is 8.31. The molecule has 2 heterocycles. The van der Waals surface area contributed by atoms with Gasteiger partial charge in [0, 0.05) is 6.07 Å². The summed E-state index contributed by atoms with van der Waals surface area (Å²) in [4.78, 5) is 24.2. The van der Waals surface area contributed by atoms with Gasteiger partial charge in [-0.1, -0.05) is 18.2 Å². The van der Waals surface area contributed by atoms with Gasteiger partial charge in [0.1, 0.15) is 11.5 Å². The van der Waals surface area contributed by atoms with Gasteiger partial charge in [0.25, 0.3) is 5.69 Å². The second-order valence-electron chi connectivity index (χ2n) is 6.15. The number of aryl methyl sites for hydroxylation is 2. The molecule has 0 aliphatic rings. The van der Waals surface area contributed by atoms with Gasteiger partial charge in [-0.3, -0.25) is 19.7 Å². The van der Waals surface area contributed by atoms with E-state index in [-0.39, 0.29) is 5.69 Å². The van der Waals surface area contributed by atoms with Crippen molar-refractivity contribution in [1.82, 2.24) is 19.5 Å². The number of benzene rings is 2. The Morgan fingerprint density at radius 3 is 2.70 bits per heavy atom. The molecule has 134 valence electrons. The highest BCUT2D eigenvalue weighted by atomic mass is 16.6. The normalized spacial score (nSPS) is 10.9. The van der Waals surface area contributed by atoms with Crippen LogP contribution in [0.15, 0.2) is 54.9 Å². The lowest BCUT2D eigenvalue weighted by Crippen LogP contribution is -2.04. The van der Waals surface area contributed by atoms with Crippen molar-refractivity contribution in [2.24, 2.45) is 0 Å². The van der Waals surface area contributed by atoms with Gasteiger partial charge in [0.05, 0.1) is 28.4 Å². The van der Waals surface area contributed by atoms with E-state index in [0.717, 1.165) is 22.4 Å². The highest BCUT2D eigenvalue weighted by Crippen LogP contribution is 2.28. The largest absolute Gasteiger partial charge is 0.333 e. The molecule has 0 radical (unpaired) electrons. The Bertz CT molecular complexity index is 1170. The van der Waals surface area contributed by atoms with Gasteiger partial charge in [-0.15, -0.1) is 0 Å². The summed E-state index contributed by atoms with van der Waals surface area (Å²) in [5.41, 5.74) is 2.95. The van der Waals surface area contributed by atoms with Gasteiger partial charge in [-0.25, -0.2) is 9.97 Å². The second kappa shape index (κ2) is 6.49. The Labute approximate surface area is 154 Å². The van der Waals surface area contributed by atoms with Crippen LogP contribution in [0.3, 0.4) is 0 Å². The molecule has 4 rings (SSSR count). The summed E-state index contributed by atoms with van der Waals surface area (Å²) in [6, 6.07) is 12.8. The zero-order valence-electron chi connectivity index (χ0n) is 14.7. The maximum Gasteiger partial charge on any atom is 0.292 e. The molecule has 8 nitrogen and oxygen atoms in total. The molecule has 4 aromatic rings. The van der Waals surface area contributed by atoms with Crippen LogP contribution >= 0.6 is 0 Å². The first-order valence-electron chi connectivity index (χ1n) is 8.31. The number of nitrogens with zero attached hydrogens (tertiary/aromatic N) is 5. The predicted molar refractivity (Wildman–Crippen MR) is 103 cm³/mol. The quantitative estimate of drug-likeness (QED) is 0.435. The summed E-state index contributed by atoms with van der Waals surface area (Å²) >= 11 is 0.